The van der Waals surface area contributed by atoms with Crippen LogP contribution in [0.25, 0.3) is 0 Å². The number of hydrogen-bond donors (Lipinski definition) is 1. The summed E-state index contributed by atoms with van der Waals surface area (Å²) in [6.45, 7) is 6.12. The van der Waals surface area contributed by atoms with E-state index in [-0.39, 0.29) is 24.0 Å². The van der Waals surface area contributed by atoms with E-state index in [9.17, 15) is 8.78 Å². The quantitative estimate of drug-likeness (QED) is 0.248. The van der Waals surface area contributed by atoms with Crippen molar-refractivity contribution in [1.82, 2.24) is 25.0 Å². The highest BCUT2D eigenvalue weighted by molar-refractivity contribution is 14.0. The van der Waals surface area contributed by atoms with Gasteiger partial charge in [-0.15, -0.1) is 34.2 Å². The van der Waals surface area contributed by atoms with Crippen molar-refractivity contribution in [3.8, 4) is 0 Å². The van der Waals surface area contributed by atoms with Gasteiger partial charge in [0.25, 0.3) is 0 Å². The van der Waals surface area contributed by atoms with Crippen molar-refractivity contribution in [2.45, 2.75) is 19.9 Å². The lowest BCUT2D eigenvalue weighted by atomic mass is 10.2. The second-order valence-electron chi connectivity index (χ2n) is 7.21. The lowest BCUT2D eigenvalue weighted by molar-refractivity contribution is 0.195. The fourth-order valence-corrected chi connectivity index (χ4v) is 3.31. The van der Waals surface area contributed by atoms with Crippen LogP contribution >= 0.6 is 24.0 Å². The summed E-state index contributed by atoms with van der Waals surface area (Å²) in [5.74, 6) is 1.54. The number of nitrogens with one attached hydrogen (secondary N) is 1. The topological polar surface area (TPSA) is 70.8 Å². The van der Waals surface area contributed by atoms with E-state index in [1.807, 2.05) is 23.4 Å². The molecule has 2 heterocycles. The monoisotopic (exact) mass is 549 g/mol. The van der Waals surface area contributed by atoms with Crippen molar-refractivity contribution in [2.75, 3.05) is 51.3 Å². The van der Waals surface area contributed by atoms with Crippen LogP contribution in [0.15, 0.2) is 23.2 Å². The first kappa shape index (κ1) is 25.2. The van der Waals surface area contributed by atoms with Gasteiger partial charge < -0.3 is 24.4 Å². The summed E-state index contributed by atoms with van der Waals surface area (Å²) in [6.07, 6.45) is 0.854. The van der Waals surface area contributed by atoms with E-state index in [1.54, 1.807) is 7.11 Å². The van der Waals surface area contributed by atoms with Gasteiger partial charge in [0.2, 0.25) is 0 Å². The minimum Gasteiger partial charge on any atom is -0.385 e. The molecule has 0 radical (unpaired) electrons. The molecule has 1 N–H and O–H groups in total. The zero-order valence-corrected chi connectivity index (χ0v) is 20.5. The predicted molar refractivity (Wildman–Crippen MR) is 127 cm³/mol. The number of benzene rings is 1. The van der Waals surface area contributed by atoms with E-state index in [4.69, 9.17) is 9.73 Å². The molecule has 3 rings (SSSR count). The molecule has 0 saturated carbocycles. The molecular weight excluding hydrogens is 519 g/mol. The predicted octanol–water partition coefficient (Wildman–Crippen LogP) is 2.32. The minimum atomic E-state index is -0.435. The average molecular weight is 549 g/mol. The molecule has 0 bridgehead atoms. The third-order valence-corrected chi connectivity index (χ3v) is 5.19. The molecule has 8 nitrogen and oxygen atoms in total. The number of aromatic nitrogens is 3. The van der Waals surface area contributed by atoms with Crippen LogP contribution in [-0.4, -0.2) is 72.1 Å². The number of piperazine rings is 1. The molecule has 31 heavy (non-hydrogen) atoms. The molecule has 1 aliphatic rings. The van der Waals surface area contributed by atoms with Gasteiger partial charge in [-0.2, -0.15) is 0 Å². The molecule has 2 aromatic rings. The summed E-state index contributed by atoms with van der Waals surface area (Å²) in [4.78, 5) is 8.73. The van der Waals surface area contributed by atoms with Crippen molar-refractivity contribution in [2.24, 2.45) is 12.0 Å². The Balaban J connectivity index is 0.00000341. The third-order valence-electron chi connectivity index (χ3n) is 5.19. The first-order valence-corrected chi connectivity index (χ1v) is 10.1. The van der Waals surface area contributed by atoms with Gasteiger partial charge in [-0.3, -0.25) is 0 Å². The first-order chi connectivity index (χ1) is 14.5. The standard InChI is InChI=1S/C20H29F2N7O.HI/c1-15-25-26-19(27(15)2)14-24-20(23-7-4-12-30-3)29-10-8-28(9-11-29)18-13-16(21)5-6-17(18)22;/h5-6,13H,4,7-12,14H2,1-3H3,(H,23,24);1H. The van der Waals surface area contributed by atoms with E-state index in [2.05, 4.69) is 20.4 Å². The molecule has 1 aromatic carbocycles. The fraction of sp³-hybridized carbons (Fsp3) is 0.550. The van der Waals surface area contributed by atoms with Crippen LogP contribution in [-0.2, 0) is 18.3 Å². The molecule has 172 valence electrons. The van der Waals surface area contributed by atoms with Crippen molar-refractivity contribution >= 4 is 35.6 Å². The number of aryl methyl sites for hydroxylation is 1. The number of nitrogens with zero attached hydrogens (tertiary/aromatic N) is 6. The Hall–Kier alpha value is -2.02. The van der Waals surface area contributed by atoms with Gasteiger partial charge >= 0.3 is 0 Å². The van der Waals surface area contributed by atoms with Crippen molar-refractivity contribution < 1.29 is 13.5 Å². The van der Waals surface area contributed by atoms with E-state index in [0.29, 0.717) is 45.0 Å². The molecule has 0 aliphatic carbocycles. The SMILES string of the molecule is COCCCNC(=NCc1nnc(C)n1C)N1CCN(c2cc(F)ccc2F)CC1.I. The Morgan fingerprint density at radius 1 is 1.19 bits per heavy atom. The first-order valence-electron chi connectivity index (χ1n) is 10.1. The van der Waals surface area contributed by atoms with Crippen LogP contribution in [0, 0.1) is 18.6 Å². The molecule has 0 unspecified atom stereocenters. The van der Waals surface area contributed by atoms with Crippen molar-refractivity contribution in [3.05, 3.63) is 41.5 Å². The second kappa shape index (κ2) is 12.1. The van der Waals surface area contributed by atoms with Gasteiger partial charge in [-0.25, -0.2) is 13.8 Å². The number of hydrogen-bond acceptors (Lipinski definition) is 5. The number of rotatable bonds is 7. The summed E-state index contributed by atoms with van der Waals surface area (Å²) in [5, 5.41) is 11.6. The maximum Gasteiger partial charge on any atom is 0.194 e. The largest absolute Gasteiger partial charge is 0.385 e. The van der Waals surface area contributed by atoms with E-state index < -0.39 is 11.6 Å². The van der Waals surface area contributed by atoms with Crippen LogP contribution in [0.5, 0.6) is 0 Å². The van der Waals surface area contributed by atoms with Crippen molar-refractivity contribution in [1.29, 1.82) is 0 Å². The summed E-state index contributed by atoms with van der Waals surface area (Å²) in [5.41, 5.74) is 0.302. The Labute approximate surface area is 198 Å². The number of guanidine groups is 1. The molecule has 0 atom stereocenters. The highest BCUT2D eigenvalue weighted by Crippen LogP contribution is 2.22. The Morgan fingerprint density at radius 3 is 2.58 bits per heavy atom. The van der Waals surface area contributed by atoms with Gasteiger partial charge in [0.05, 0.1) is 5.69 Å². The van der Waals surface area contributed by atoms with E-state index in [0.717, 1.165) is 36.6 Å². The highest BCUT2D eigenvalue weighted by atomic mass is 127. The molecule has 0 amide bonds. The van der Waals surface area contributed by atoms with Crippen LogP contribution in [0.2, 0.25) is 0 Å². The number of ether oxygens (including phenoxy) is 1. The summed E-state index contributed by atoms with van der Waals surface area (Å²) in [6, 6.07) is 3.56. The average Bonchev–Trinajstić information content (AvgIpc) is 3.07. The lowest BCUT2D eigenvalue weighted by Crippen LogP contribution is -2.53. The lowest BCUT2D eigenvalue weighted by Gasteiger charge is -2.37. The normalized spacial score (nSPS) is 14.5. The molecule has 1 saturated heterocycles. The van der Waals surface area contributed by atoms with Crippen LogP contribution < -0.4 is 10.2 Å². The summed E-state index contributed by atoms with van der Waals surface area (Å²) < 4.78 is 34.7. The molecule has 1 aromatic heterocycles. The maximum absolute atomic E-state index is 14.1. The molecule has 1 aliphatic heterocycles. The van der Waals surface area contributed by atoms with Crippen molar-refractivity contribution in [3.63, 3.8) is 0 Å². The maximum atomic E-state index is 14.1. The van der Waals surface area contributed by atoms with Crippen LogP contribution in [0.1, 0.15) is 18.1 Å². The van der Waals surface area contributed by atoms with E-state index in [1.165, 1.54) is 12.1 Å². The Kier molecular flexibility index (Phi) is 9.88. The third kappa shape index (κ3) is 6.73. The van der Waals surface area contributed by atoms with Gasteiger partial charge in [-0.05, 0) is 25.5 Å². The number of halogens is 3. The second-order valence-corrected chi connectivity index (χ2v) is 7.21. The molecular formula is C20H30F2IN7O. The van der Waals surface area contributed by atoms with Gasteiger partial charge in [0, 0.05) is 59.6 Å². The van der Waals surface area contributed by atoms with E-state index >= 15 is 0 Å². The molecule has 1 fully saturated rings. The number of aliphatic imine (C=N–C) groups is 1. The van der Waals surface area contributed by atoms with Gasteiger partial charge in [-0.1, -0.05) is 0 Å². The zero-order chi connectivity index (χ0) is 21.5. The van der Waals surface area contributed by atoms with Crippen LogP contribution in [0.4, 0.5) is 14.5 Å². The number of methoxy groups -OCH3 is 1. The fourth-order valence-electron chi connectivity index (χ4n) is 3.31. The van der Waals surface area contributed by atoms with Crippen LogP contribution in [0.3, 0.4) is 0 Å². The smallest absolute Gasteiger partial charge is 0.194 e. The van der Waals surface area contributed by atoms with Gasteiger partial charge in [0.15, 0.2) is 11.8 Å². The summed E-state index contributed by atoms with van der Waals surface area (Å²) >= 11 is 0. The van der Waals surface area contributed by atoms with Gasteiger partial charge in [0.1, 0.15) is 24.0 Å². The highest BCUT2D eigenvalue weighted by Gasteiger charge is 2.22. The zero-order valence-electron chi connectivity index (χ0n) is 18.1. The summed E-state index contributed by atoms with van der Waals surface area (Å²) in [7, 11) is 3.59. The Morgan fingerprint density at radius 2 is 1.94 bits per heavy atom. The number of anilines is 1. The minimum absolute atomic E-state index is 0. The molecule has 0 spiro atoms. The Bertz CT molecular complexity index is 869. The molecule has 11 heteroatoms.